The summed E-state index contributed by atoms with van der Waals surface area (Å²) in [5.41, 5.74) is -5.45. The average molecular weight is 513 g/mol. The molecule has 5 rings (SSSR count). The Balaban J connectivity index is 1.59. The summed E-state index contributed by atoms with van der Waals surface area (Å²) >= 11 is 0. The Hall–Kier alpha value is -1.26. The van der Waals surface area contributed by atoms with E-state index in [1.165, 1.54) is 12.2 Å². The number of aliphatic hydroxyl groups excluding tert-OH is 1. The molecule has 11 heteroatoms. The highest BCUT2D eigenvalue weighted by molar-refractivity contribution is 7.44. The molecule has 4 aliphatic carbocycles. The highest BCUT2D eigenvalue weighted by Gasteiger charge is 2.80. The maximum Gasteiger partial charge on any atom is 0.265 e. The van der Waals surface area contributed by atoms with Gasteiger partial charge in [-0.15, -0.1) is 0 Å². The van der Waals surface area contributed by atoms with Gasteiger partial charge in [0.25, 0.3) is 7.82 Å². The van der Waals surface area contributed by atoms with E-state index in [2.05, 4.69) is 4.52 Å². The van der Waals surface area contributed by atoms with E-state index >= 15 is 4.39 Å². The summed E-state index contributed by atoms with van der Waals surface area (Å²) in [6.45, 7) is 5.75. The molecule has 0 radical (unpaired) electrons. The third-order valence-corrected chi connectivity index (χ3v) is 9.86. The normalized spacial score (nSPS) is 49.4. The Bertz CT molecular complexity index is 1100. The second-order valence-electron chi connectivity index (χ2n) is 11.5. The third-order valence-electron chi connectivity index (χ3n) is 9.41. The quantitative estimate of drug-likeness (QED) is 0.539. The minimum Gasteiger partial charge on any atom is -0.756 e. The molecule has 0 aromatic rings. The molecule has 1 saturated heterocycles. The SMILES string of the molecule is CC1(C)O[C@@H]2C[C@H]3C4CCC5=CC(=O)C=CC5(C)[C@@]4(F)[C@@H](O)CC3(C)[C@]2(C(=O)COP(=O)([O-])O)O1. The van der Waals surface area contributed by atoms with E-state index in [1.807, 2.05) is 0 Å². The minimum absolute atomic E-state index is 0.148. The van der Waals surface area contributed by atoms with E-state index in [0.717, 1.165) is 0 Å². The van der Waals surface area contributed by atoms with Crippen LogP contribution in [0.15, 0.2) is 23.8 Å². The first kappa shape index (κ1) is 25.4. The van der Waals surface area contributed by atoms with Crippen molar-refractivity contribution < 1.29 is 47.4 Å². The van der Waals surface area contributed by atoms with Gasteiger partial charge >= 0.3 is 0 Å². The Labute approximate surface area is 202 Å². The van der Waals surface area contributed by atoms with Crippen LogP contribution in [0.25, 0.3) is 0 Å². The molecule has 0 spiro atoms. The molecule has 9 atom stereocenters. The van der Waals surface area contributed by atoms with Crippen molar-refractivity contribution in [2.45, 2.75) is 82.6 Å². The lowest BCUT2D eigenvalue weighted by Gasteiger charge is -2.62. The Kier molecular flexibility index (Phi) is 5.37. The van der Waals surface area contributed by atoms with Crippen molar-refractivity contribution in [1.82, 2.24) is 0 Å². The Morgan fingerprint density at radius 1 is 1.31 bits per heavy atom. The number of carbonyl (C=O) groups excluding carboxylic acids is 2. The number of rotatable bonds is 4. The number of aliphatic hydroxyl groups is 1. The third kappa shape index (κ3) is 3.24. The summed E-state index contributed by atoms with van der Waals surface area (Å²) < 4.78 is 45.3. The summed E-state index contributed by atoms with van der Waals surface area (Å²) in [7, 11) is -5.19. The van der Waals surface area contributed by atoms with Gasteiger partial charge in [0.05, 0.1) is 12.2 Å². The molecule has 4 fully saturated rings. The standard InChI is InChI=1S/C24H32FO9P/c1-20(2)33-19-10-16-15-6-5-13-9-14(26)7-8-21(13,3)23(15,25)17(27)11-22(16,4)24(19,34-20)18(28)12-32-35(29,30)31/h7-9,15-17,19,27H,5-6,10-12H2,1-4H3,(H2,29,30,31)/p-1/t15?,16-,17-,19+,21?,22?,23-,24+/m0/s1. The van der Waals surface area contributed by atoms with Gasteiger partial charge in [0.2, 0.25) is 0 Å². The number of ketones is 2. The number of Topliss-reactive ketones (excluding diaryl/α,β-unsaturated/α-hetero) is 1. The fraction of sp³-hybridized carbons (Fsp3) is 0.750. The van der Waals surface area contributed by atoms with E-state index in [0.29, 0.717) is 18.4 Å². The smallest absolute Gasteiger partial charge is 0.265 e. The number of hydrogen-bond acceptors (Lipinski definition) is 8. The molecule has 2 N–H and O–H groups in total. The summed E-state index contributed by atoms with van der Waals surface area (Å²) in [5, 5.41) is 11.5. The summed E-state index contributed by atoms with van der Waals surface area (Å²) in [6, 6.07) is 0. The molecule has 35 heavy (non-hydrogen) atoms. The first-order valence-electron chi connectivity index (χ1n) is 11.9. The largest absolute Gasteiger partial charge is 0.756 e. The molecule has 0 amide bonds. The molecule has 1 aliphatic heterocycles. The van der Waals surface area contributed by atoms with Crippen LogP contribution in [0, 0.1) is 22.7 Å². The molecule has 3 saturated carbocycles. The number of carbonyl (C=O) groups is 2. The summed E-state index contributed by atoms with van der Waals surface area (Å²) in [4.78, 5) is 45.9. The Morgan fingerprint density at radius 3 is 2.66 bits per heavy atom. The number of allylic oxidation sites excluding steroid dienone is 4. The van der Waals surface area contributed by atoms with E-state index in [-0.39, 0.29) is 18.6 Å². The predicted molar refractivity (Wildman–Crippen MR) is 117 cm³/mol. The number of halogens is 1. The lowest BCUT2D eigenvalue weighted by atomic mass is 9.44. The van der Waals surface area contributed by atoms with E-state index in [9.17, 15) is 24.2 Å². The molecule has 5 aliphatic rings. The van der Waals surface area contributed by atoms with Crippen molar-refractivity contribution in [2.24, 2.45) is 22.7 Å². The van der Waals surface area contributed by atoms with Crippen LogP contribution in [-0.2, 0) is 28.2 Å². The van der Waals surface area contributed by atoms with Gasteiger partial charge in [0, 0.05) is 16.7 Å². The van der Waals surface area contributed by atoms with Crippen molar-refractivity contribution in [3.8, 4) is 0 Å². The molecule has 9 nitrogen and oxygen atoms in total. The summed E-state index contributed by atoms with van der Waals surface area (Å²) in [5.74, 6) is -3.26. The van der Waals surface area contributed by atoms with Gasteiger partial charge in [0.15, 0.2) is 28.6 Å². The topological polar surface area (TPSA) is 142 Å². The van der Waals surface area contributed by atoms with Gasteiger partial charge in [0.1, 0.15) is 6.61 Å². The van der Waals surface area contributed by atoms with E-state index in [4.69, 9.17) is 14.4 Å². The van der Waals surface area contributed by atoms with Gasteiger partial charge in [-0.25, -0.2) is 4.39 Å². The number of ether oxygens (including phenoxy) is 2. The first-order valence-corrected chi connectivity index (χ1v) is 13.4. The molecule has 0 aromatic heterocycles. The first-order chi connectivity index (χ1) is 16.0. The fourth-order valence-corrected chi connectivity index (χ4v) is 8.34. The monoisotopic (exact) mass is 513 g/mol. The van der Waals surface area contributed by atoms with Crippen molar-refractivity contribution in [3.63, 3.8) is 0 Å². The average Bonchev–Trinajstić information content (AvgIpc) is 3.14. The van der Waals surface area contributed by atoms with Crippen molar-refractivity contribution in [3.05, 3.63) is 23.8 Å². The molecule has 194 valence electrons. The number of phosphoric acid groups is 1. The maximum atomic E-state index is 17.3. The van der Waals surface area contributed by atoms with Crippen LogP contribution in [0.5, 0.6) is 0 Å². The highest BCUT2D eigenvalue weighted by atomic mass is 31.2. The van der Waals surface area contributed by atoms with Crippen LogP contribution in [0.2, 0.25) is 0 Å². The van der Waals surface area contributed by atoms with Crippen molar-refractivity contribution >= 4 is 19.4 Å². The number of hydrogen-bond donors (Lipinski definition) is 2. The van der Waals surface area contributed by atoms with Crippen LogP contribution < -0.4 is 4.89 Å². The van der Waals surface area contributed by atoms with E-state index < -0.39 is 72.1 Å². The lowest BCUT2D eigenvalue weighted by Crippen LogP contribution is -2.70. The number of fused-ring (bicyclic) bond motifs is 7. The minimum atomic E-state index is -5.19. The van der Waals surface area contributed by atoms with Crippen molar-refractivity contribution in [1.29, 1.82) is 0 Å². The van der Waals surface area contributed by atoms with E-state index in [1.54, 1.807) is 33.8 Å². The second-order valence-corrected chi connectivity index (χ2v) is 12.7. The van der Waals surface area contributed by atoms with Crippen LogP contribution in [0.4, 0.5) is 4.39 Å². The molecule has 0 aromatic carbocycles. The maximum absolute atomic E-state index is 17.3. The van der Waals surface area contributed by atoms with Gasteiger partial charge < -0.3 is 28.9 Å². The fourth-order valence-electron chi connectivity index (χ4n) is 8.06. The zero-order valence-electron chi connectivity index (χ0n) is 20.2. The second kappa shape index (κ2) is 7.40. The van der Waals surface area contributed by atoms with Crippen LogP contribution in [0.3, 0.4) is 0 Å². The van der Waals surface area contributed by atoms with Crippen LogP contribution in [0.1, 0.15) is 53.4 Å². The number of phosphoric ester groups is 1. The lowest BCUT2D eigenvalue weighted by molar-refractivity contribution is -0.247. The zero-order valence-corrected chi connectivity index (χ0v) is 21.0. The van der Waals surface area contributed by atoms with Gasteiger partial charge in [-0.2, -0.15) is 0 Å². The van der Waals surface area contributed by atoms with Gasteiger partial charge in [-0.05, 0) is 64.5 Å². The molecule has 1 heterocycles. The van der Waals surface area contributed by atoms with Gasteiger partial charge in [-0.1, -0.05) is 18.6 Å². The highest BCUT2D eigenvalue weighted by Crippen LogP contribution is 2.72. The van der Waals surface area contributed by atoms with Crippen LogP contribution >= 0.6 is 7.82 Å². The van der Waals surface area contributed by atoms with Crippen LogP contribution in [-0.4, -0.2) is 57.4 Å². The van der Waals surface area contributed by atoms with Gasteiger partial charge in [-0.3, -0.25) is 14.2 Å². The molecular weight excluding hydrogens is 482 g/mol. The molecular formula is C24H31FO9P-. The summed E-state index contributed by atoms with van der Waals surface area (Å²) in [6.07, 6.45) is 2.96. The Morgan fingerprint density at radius 2 is 2.00 bits per heavy atom. The number of alkyl halides is 1. The molecule has 4 unspecified atom stereocenters. The van der Waals surface area contributed by atoms with Crippen molar-refractivity contribution in [2.75, 3.05) is 6.61 Å². The molecule has 0 bridgehead atoms. The predicted octanol–water partition coefficient (Wildman–Crippen LogP) is 1.90. The zero-order chi connectivity index (χ0) is 25.8.